The number of hydrogen-bond acceptors (Lipinski definition) is 1. The maximum Gasteiger partial charge on any atom is 0.227 e. The molecule has 1 atom stereocenters. The van der Waals surface area contributed by atoms with Crippen molar-refractivity contribution >= 4 is 11.4 Å². The molecular formula is C21H19F2N2O. The van der Waals surface area contributed by atoms with Crippen LogP contribution in [0.4, 0.5) is 8.78 Å². The Kier molecular flexibility index (Phi) is 4.23. The number of rotatable bonds is 3. The van der Waals surface area contributed by atoms with E-state index in [1.54, 1.807) is 11.9 Å². The van der Waals surface area contributed by atoms with Crippen molar-refractivity contribution in [2.75, 3.05) is 7.05 Å². The summed E-state index contributed by atoms with van der Waals surface area (Å²) in [5.41, 5.74) is 3.66. The van der Waals surface area contributed by atoms with Crippen LogP contribution in [-0.4, -0.2) is 28.3 Å². The quantitative estimate of drug-likeness (QED) is 0.706. The van der Waals surface area contributed by atoms with Crippen LogP contribution in [0.1, 0.15) is 23.2 Å². The highest BCUT2D eigenvalue weighted by molar-refractivity contribution is 5.79. The third-order valence-corrected chi connectivity index (χ3v) is 5.23. The van der Waals surface area contributed by atoms with E-state index >= 15 is 0 Å². The van der Waals surface area contributed by atoms with Crippen LogP contribution in [-0.2, 0) is 24.1 Å². The fraction of sp³-hybridized carbons (Fsp3) is 0.286. The minimum atomic E-state index is -0.676. The van der Waals surface area contributed by atoms with Crippen molar-refractivity contribution in [3.05, 3.63) is 77.1 Å². The van der Waals surface area contributed by atoms with Gasteiger partial charge in [-0.15, -0.1) is 0 Å². The van der Waals surface area contributed by atoms with Crippen molar-refractivity contribution in [2.24, 2.45) is 0 Å². The van der Waals surface area contributed by atoms with E-state index in [1.165, 1.54) is 23.4 Å². The van der Waals surface area contributed by atoms with Gasteiger partial charge >= 0.3 is 0 Å². The van der Waals surface area contributed by atoms with Crippen LogP contribution < -0.4 is 0 Å². The monoisotopic (exact) mass is 353 g/mol. The zero-order chi connectivity index (χ0) is 18.3. The molecule has 0 saturated carbocycles. The third-order valence-electron chi connectivity index (χ3n) is 5.23. The molecule has 0 saturated heterocycles. The zero-order valence-corrected chi connectivity index (χ0v) is 14.5. The predicted octanol–water partition coefficient (Wildman–Crippen LogP) is 3.58. The highest BCUT2D eigenvalue weighted by atomic mass is 19.1. The summed E-state index contributed by atoms with van der Waals surface area (Å²) in [7, 11) is 1.76. The van der Waals surface area contributed by atoms with Crippen LogP contribution in [0.25, 0.3) is 5.52 Å². The molecule has 1 aliphatic carbocycles. The van der Waals surface area contributed by atoms with Crippen molar-refractivity contribution in [3.8, 4) is 0 Å². The summed E-state index contributed by atoms with van der Waals surface area (Å²) in [6.07, 6.45) is 4.42. The Balaban J connectivity index is 1.51. The summed E-state index contributed by atoms with van der Waals surface area (Å²) in [5.74, 6) is -1.47. The molecule has 3 aromatic rings. The Labute approximate surface area is 150 Å². The minimum absolute atomic E-state index is 0.0604. The lowest BCUT2D eigenvalue weighted by Crippen LogP contribution is -2.41. The molecule has 4 rings (SSSR count). The molecule has 0 bridgehead atoms. The lowest BCUT2D eigenvalue weighted by Gasteiger charge is -2.31. The van der Waals surface area contributed by atoms with E-state index in [0.717, 1.165) is 30.8 Å². The van der Waals surface area contributed by atoms with Gasteiger partial charge in [0.05, 0.1) is 11.9 Å². The number of aryl methyl sites for hydroxylation is 1. The van der Waals surface area contributed by atoms with Crippen LogP contribution in [0.3, 0.4) is 0 Å². The van der Waals surface area contributed by atoms with Gasteiger partial charge in [0, 0.05) is 43.5 Å². The number of likely N-dealkylation sites (N-methyl/N-ethyl adjacent to an activating group) is 1. The van der Waals surface area contributed by atoms with Crippen LogP contribution in [0.5, 0.6) is 0 Å². The van der Waals surface area contributed by atoms with E-state index in [9.17, 15) is 13.6 Å². The molecule has 0 N–H and O–H groups in total. The number of halogens is 2. The van der Waals surface area contributed by atoms with Crippen LogP contribution in [0.2, 0.25) is 0 Å². The summed E-state index contributed by atoms with van der Waals surface area (Å²) in [6.45, 7) is 0. The van der Waals surface area contributed by atoms with E-state index in [0.29, 0.717) is 0 Å². The Morgan fingerprint density at radius 1 is 1.31 bits per heavy atom. The minimum Gasteiger partial charge on any atom is -0.342 e. The number of amides is 1. The molecule has 3 nitrogen and oxygen atoms in total. The lowest BCUT2D eigenvalue weighted by molar-refractivity contribution is -0.131. The Morgan fingerprint density at radius 3 is 2.96 bits per heavy atom. The topological polar surface area (TPSA) is 24.7 Å². The van der Waals surface area contributed by atoms with E-state index in [1.807, 2.05) is 24.4 Å². The van der Waals surface area contributed by atoms with E-state index < -0.39 is 11.6 Å². The fourth-order valence-corrected chi connectivity index (χ4v) is 3.70. The lowest BCUT2D eigenvalue weighted by atomic mass is 9.92. The number of benzene rings is 1. The largest absolute Gasteiger partial charge is 0.342 e. The van der Waals surface area contributed by atoms with Gasteiger partial charge in [0.2, 0.25) is 5.91 Å². The fourth-order valence-electron chi connectivity index (χ4n) is 3.70. The second-order valence-electron chi connectivity index (χ2n) is 6.82. The molecule has 1 aromatic carbocycles. The van der Waals surface area contributed by atoms with Gasteiger partial charge in [-0.05, 0) is 42.2 Å². The number of nitrogens with zero attached hydrogens (tertiary/aromatic N) is 2. The molecule has 0 spiro atoms. The van der Waals surface area contributed by atoms with E-state index in [4.69, 9.17) is 0 Å². The van der Waals surface area contributed by atoms with Gasteiger partial charge in [-0.1, -0.05) is 12.1 Å². The van der Waals surface area contributed by atoms with Gasteiger partial charge in [0.25, 0.3) is 0 Å². The second-order valence-corrected chi connectivity index (χ2v) is 6.82. The molecular weight excluding hydrogens is 334 g/mol. The first-order chi connectivity index (χ1) is 12.5. The van der Waals surface area contributed by atoms with Crippen molar-refractivity contribution < 1.29 is 13.6 Å². The molecule has 5 heteroatoms. The predicted molar refractivity (Wildman–Crippen MR) is 94.9 cm³/mol. The van der Waals surface area contributed by atoms with E-state index in [2.05, 4.69) is 10.5 Å². The standard InChI is InChI=1S/C21H19F2N2O/c1-24(21(26)11-14-5-7-16(22)12-19(14)23)17-8-6-15-10-18-4-2-3-9-25(18)20(15)13-17/h2-5,7,9,12,17H,6,8,11,13H2,1H3/t17-/m1/s1. The van der Waals surface area contributed by atoms with Crippen LogP contribution in [0, 0.1) is 17.7 Å². The number of pyridine rings is 1. The summed E-state index contributed by atoms with van der Waals surface area (Å²) >= 11 is 0. The van der Waals surface area contributed by atoms with Gasteiger partial charge in [0.15, 0.2) is 0 Å². The van der Waals surface area contributed by atoms with Crippen molar-refractivity contribution in [2.45, 2.75) is 31.7 Å². The zero-order valence-electron chi connectivity index (χ0n) is 14.5. The molecule has 133 valence electrons. The number of fused-ring (bicyclic) bond motifs is 3. The van der Waals surface area contributed by atoms with Gasteiger partial charge in [0.1, 0.15) is 11.6 Å². The normalized spacial score (nSPS) is 16.5. The molecule has 0 aliphatic heterocycles. The van der Waals surface area contributed by atoms with Gasteiger partial charge in [-0.2, -0.15) is 0 Å². The molecule has 26 heavy (non-hydrogen) atoms. The van der Waals surface area contributed by atoms with Gasteiger partial charge in [-0.25, -0.2) is 8.78 Å². The van der Waals surface area contributed by atoms with Crippen LogP contribution >= 0.6 is 0 Å². The Bertz CT molecular complexity index is 979. The molecule has 0 fully saturated rings. The molecule has 1 aliphatic rings. The number of hydrogen-bond donors (Lipinski definition) is 0. The SMILES string of the molecule is CN(C(=O)Cc1ccc(F)cc1F)[C@@H]1CCc2[c]c3ccccn3c2C1. The summed E-state index contributed by atoms with van der Waals surface area (Å²) in [4.78, 5) is 14.3. The third kappa shape index (κ3) is 2.98. The second kappa shape index (κ2) is 6.56. The van der Waals surface area contributed by atoms with Crippen molar-refractivity contribution in [1.29, 1.82) is 0 Å². The summed E-state index contributed by atoms with van der Waals surface area (Å²) in [5, 5.41) is 0. The maximum atomic E-state index is 13.8. The highest BCUT2D eigenvalue weighted by Gasteiger charge is 2.27. The molecule has 1 radical (unpaired) electrons. The average Bonchev–Trinajstić information content (AvgIpc) is 3.01. The smallest absolute Gasteiger partial charge is 0.227 e. The Morgan fingerprint density at radius 2 is 2.15 bits per heavy atom. The van der Waals surface area contributed by atoms with Gasteiger partial charge in [-0.3, -0.25) is 4.79 Å². The summed E-state index contributed by atoms with van der Waals surface area (Å²) in [6, 6.07) is 12.8. The highest BCUT2D eigenvalue weighted by Crippen LogP contribution is 2.27. The first kappa shape index (κ1) is 16.8. The Hall–Kier alpha value is -2.69. The first-order valence-corrected chi connectivity index (χ1v) is 8.72. The molecule has 1 amide bonds. The summed E-state index contributed by atoms with van der Waals surface area (Å²) < 4.78 is 29.0. The number of aromatic nitrogens is 1. The number of carbonyl (C=O) groups excluding carboxylic acids is 1. The van der Waals surface area contributed by atoms with Crippen molar-refractivity contribution in [1.82, 2.24) is 9.30 Å². The van der Waals surface area contributed by atoms with Gasteiger partial charge < -0.3 is 9.30 Å². The van der Waals surface area contributed by atoms with Crippen LogP contribution in [0.15, 0.2) is 42.6 Å². The maximum absolute atomic E-state index is 13.8. The van der Waals surface area contributed by atoms with E-state index in [-0.39, 0.29) is 23.9 Å². The average molecular weight is 353 g/mol. The molecule has 2 aromatic heterocycles. The molecule has 0 unspecified atom stereocenters. The molecule has 2 heterocycles. The van der Waals surface area contributed by atoms with Crippen molar-refractivity contribution in [3.63, 3.8) is 0 Å². The first-order valence-electron chi connectivity index (χ1n) is 8.72. The number of carbonyl (C=O) groups is 1.